The number of phenols is 1. The molecule has 2 rings (SSSR count). The van der Waals surface area contributed by atoms with Crippen molar-refractivity contribution in [3.63, 3.8) is 0 Å². The summed E-state index contributed by atoms with van der Waals surface area (Å²) in [4.78, 5) is 0. The molecule has 0 aliphatic rings. The van der Waals surface area contributed by atoms with Crippen LogP contribution in [0.5, 0.6) is 5.75 Å². The van der Waals surface area contributed by atoms with Crippen LogP contribution < -0.4 is 5.73 Å². The summed E-state index contributed by atoms with van der Waals surface area (Å²) in [6, 6.07) is 8.58. The summed E-state index contributed by atoms with van der Waals surface area (Å²) in [5.41, 5.74) is 8.55. The van der Waals surface area contributed by atoms with Gasteiger partial charge >= 0.3 is 0 Å². The second kappa shape index (κ2) is 4.47. The van der Waals surface area contributed by atoms with E-state index in [1.165, 1.54) is 0 Å². The third kappa shape index (κ3) is 2.33. The van der Waals surface area contributed by atoms with Gasteiger partial charge in [-0.2, -0.15) is 0 Å². The van der Waals surface area contributed by atoms with E-state index in [0.717, 1.165) is 16.7 Å². The maximum atomic E-state index is 9.60. The number of benzene rings is 2. The molecule has 2 aromatic rings. The molecule has 4 heteroatoms. The first kappa shape index (κ1) is 12.1. The fourth-order valence-electron chi connectivity index (χ4n) is 1.66. The summed E-state index contributed by atoms with van der Waals surface area (Å²) in [5.74, 6) is 0.0537. The van der Waals surface area contributed by atoms with Gasteiger partial charge in [0.15, 0.2) is 0 Å². The minimum absolute atomic E-state index is 0.0537. The SMILES string of the molecule is Cc1c(Cl)cc(Cl)cc1-c1ccc(N)c(O)c1. The first-order valence-corrected chi connectivity index (χ1v) is 5.79. The third-order valence-corrected chi connectivity index (χ3v) is 3.26. The van der Waals surface area contributed by atoms with Gasteiger partial charge in [0.2, 0.25) is 0 Å². The minimum Gasteiger partial charge on any atom is -0.506 e. The smallest absolute Gasteiger partial charge is 0.139 e. The number of rotatable bonds is 1. The molecule has 3 N–H and O–H groups in total. The highest BCUT2D eigenvalue weighted by molar-refractivity contribution is 6.35. The van der Waals surface area contributed by atoms with Crippen LogP contribution in [0, 0.1) is 6.92 Å². The summed E-state index contributed by atoms with van der Waals surface area (Å²) >= 11 is 12.0. The summed E-state index contributed by atoms with van der Waals surface area (Å²) in [6.07, 6.45) is 0. The normalized spacial score (nSPS) is 10.5. The van der Waals surface area contributed by atoms with Crippen molar-refractivity contribution in [1.29, 1.82) is 0 Å². The Balaban J connectivity index is 2.64. The summed E-state index contributed by atoms with van der Waals surface area (Å²) in [5, 5.41) is 10.8. The standard InChI is InChI=1S/C13H11Cl2NO/c1-7-10(5-9(14)6-11(7)15)8-2-3-12(16)13(17)4-8/h2-6,17H,16H2,1H3. The first-order valence-electron chi connectivity index (χ1n) is 5.03. The quantitative estimate of drug-likeness (QED) is 0.599. The molecule has 0 spiro atoms. The van der Waals surface area contributed by atoms with Gasteiger partial charge in [-0.15, -0.1) is 0 Å². The molecule has 0 saturated carbocycles. The summed E-state index contributed by atoms with van der Waals surface area (Å²) in [6.45, 7) is 1.90. The Kier molecular flexibility index (Phi) is 3.18. The van der Waals surface area contributed by atoms with Crippen LogP contribution in [0.4, 0.5) is 5.69 Å². The molecule has 2 aromatic carbocycles. The van der Waals surface area contributed by atoms with Gasteiger partial charge in [0.1, 0.15) is 5.75 Å². The molecule has 0 unspecified atom stereocenters. The van der Waals surface area contributed by atoms with E-state index in [0.29, 0.717) is 15.7 Å². The van der Waals surface area contributed by atoms with E-state index in [1.54, 1.807) is 18.2 Å². The number of aromatic hydroxyl groups is 1. The highest BCUT2D eigenvalue weighted by Crippen LogP contribution is 2.34. The Morgan fingerprint density at radius 2 is 1.82 bits per heavy atom. The number of hydrogen-bond donors (Lipinski definition) is 2. The van der Waals surface area contributed by atoms with E-state index < -0.39 is 0 Å². The minimum atomic E-state index is 0.0537. The fraction of sp³-hybridized carbons (Fsp3) is 0.0769. The van der Waals surface area contributed by atoms with Gasteiger partial charge in [0, 0.05) is 10.0 Å². The molecule has 0 aromatic heterocycles. The second-order valence-electron chi connectivity index (χ2n) is 3.83. The molecule has 2 nitrogen and oxygen atoms in total. The van der Waals surface area contributed by atoms with Crippen molar-refractivity contribution >= 4 is 28.9 Å². The largest absolute Gasteiger partial charge is 0.506 e. The Morgan fingerprint density at radius 1 is 1.12 bits per heavy atom. The van der Waals surface area contributed by atoms with Crippen LogP contribution in [0.3, 0.4) is 0 Å². The Labute approximate surface area is 110 Å². The van der Waals surface area contributed by atoms with E-state index in [2.05, 4.69) is 0 Å². The topological polar surface area (TPSA) is 46.2 Å². The van der Waals surface area contributed by atoms with E-state index in [-0.39, 0.29) is 5.75 Å². The Bertz CT molecular complexity index is 582. The summed E-state index contributed by atoms with van der Waals surface area (Å²) < 4.78 is 0. The lowest BCUT2D eigenvalue weighted by Crippen LogP contribution is -1.88. The number of halogens is 2. The predicted octanol–water partition coefficient (Wildman–Crippen LogP) is 4.26. The van der Waals surface area contributed by atoms with Crippen molar-refractivity contribution in [3.8, 4) is 16.9 Å². The van der Waals surface area contributed by atoms with Crippen LogP contribution in [0.1, 0.15) is 5.56 Å². The van der Waals surface area contributed by atoms with Gasteiger partial charge in [0.25, 0.3) is 0 Å². The molecule has 0 amide bonds. The van der Waals surface area contributed by atoms with Crippen molar-refractivity contribution in [2.24, 2.45) is 0 Å². The van der Waals surface area contributed by atoms with Crippen LogP contribution in [0.2, 0.25) is 10.0 Å². The average molecular weight is 268 g/mol. The molecular formula is C13H11Cl2NO. The van der Waals surface area contributed by atoms with Gasteiger partial charge in [-0.1, -0.05) is 29.3 Å². The molecule has 0 atom stereocenters. The number of anilines is 1. The zero-order chi connectivity index (χ0) is 12.6. The van der Waals surface area contributed by atoms with Gasteiger partial charge in [0.05, 0.1) is 5.69 Å². The van der Waals surface area contributed by atoms with Crippen molar-refractivity contribution in [1.82, 2.24) is 0 Å². The molecule has 0 radical (unpaired) electrons. The van der Waals surface area contributed by atoms with Gasteiger partial charge in [-0.3, -0.25) is 0 Å². The molecular weight excluding hydrogens is 257 g/mol. The highest BCUT2D eigenvalue weighted by Gasteiger charge is 2.08. The van der Waals surface area contributed by atoms with Crippen LogP contribution in [-0.2, 0) is 0 Å². The number of nitrogen functional groups attached to an aromatic ring is 1. The number of phenolic OH excluding ortho intramolecular Hbond substituents is 1. The molecule has 0 aliphatic carbocycles. The van der Waals surface area contributed by atoms with Crippen molar-refractivity contribution < 1.29 is 5.11 Å². The van der Waals surface area contributed by atoms with E-state index in [9.17, 15) is 5.11 Å². The summed E-state index contributed by atoms with van der Waals surface area (Å²) in [7, 11) is 0. The lowest BCUT2D eigenvalue weighted by Gasteiger charge is -2.10. The van der Waals surface area contributed by atoms with Crippen LogP contribution in [0.25, 0.3) is 11.1 Å². The number of hydrogen-bond acceptors (Lipinski definition) is 2. The molecule has 0 fully saturated rings. The van der Waals surface area contributed by atoms with Crippen LogP contribution >= 0.6 is 23.2 Å². The zero-order valence-corrected chi connectivity index (χ0v) is 10.7. The lowest BCUT2D eigenvalue weighted by molar-refractivity contribution is 0.478. The molecule has 17 heavy (non-hydrogen) atoms. The second-order valence-corrected chi connectivity index (χ2v) is 4.68. The fourth-order valence-corrected chi connectivity index (χ4v) is 2.15. The van der Waals surface area contributed by atoms with E-state index in [1.807, 2.05) is 19.1 Å². The Morgan fingerprint density at radius 3 is 2.47 bits per heavy atom. The van der Waals surface area contributed by atoms with Crippen molar-refractivity contribution in [2.75, 3.05) is 5.73 Å². The molecule has 0 aliphatic heterocycles. The molecule has 88 valence electrons. The zero-order valence-electron chi connectivity index (χ0n) is 9.17. The van der Waals surface area contributed by atoms with Gasteiger partial charge in [-0.25, -0.2) is 0 Å². The van der Waals surface area contributed by atoms with Crippen LogP contribution in [-0.4, -0.2) is 5.11 Å². The van der Waals surface area contributed by atoms with Crippen molar-refractivity contribution in [2.45, 2.75) is 6.92 Å². The monoisotopic (exact) mass is 267 g/mol. The predicted molar refractivity (Wildman–Crippen MR) is 72.7 cm³/mol. The molecule has 0 bridgehead atoms. The number of nitrogens with two attached hydrogens (primary N) is 1. The maximum Gasteiger partial charge on any atom is 0.139 e. The maximum absolute atomic E-state index is 9.60. The highest BCUT2D eigenvalue weighted by atomic mass is 35.5. The van der Waals surface area contributed by atoms with Gasteiger partial charge in [-0.05, 0) is 47.9 Å². The Hall–Kier alpha value is -1.38. The van der Waals surface area contributed by atoms with Gasteiger partial charge < -0.3 is 10.8 Å². The molecule has 0 heterocycles. The van der Waals surface area contributed by atoms with Crippen LogP contribution in [0.15, 0.2) is 30.3 Å². The van der Waals surface area contributed by atoms with E-state index >= 15 is 0 Å². The van der Waals surface area contributed by atoms with E-state index in [4.69, 9.17) is 28.9 Å². The molecule has 0 saturated heterocycles. The third-order valence-electron chi connectivity index (χ3n) is 2.65. The van der Waals surface area contributed by atoms with Crippen molar-refractivity contribution in [3.05, 3.63) is 45.9 Å². The lowest BCUT2D eigenvalue weighted by atomic mass is 10.00. The average Bonchev–Trinajstić information content (AvgIpc) is 2.27. The first-order chi connectivity index (χ1) is 7.99.